The molecule has 1 nitrogen and oxygen atoms in total. The van der Waals surface area contributed by atoms with Gasteiger partial charge in [0, 0.05) is 11.6 Å². The molecule has 2 rings (SSSR count). The summed E-state index contributed by atoms with van der Waals surface area (Å²) in [5.74, 6) is 0. The number of halogens is 1. The fraction of sp³-hybridized carbons (Fsp3) is 0.333. The summed E-state index contributed by atoms with van der Waals surface area (Å²) < 4.78 is 0. The highest BCUT2D eigenvalue weighted by molar-refractivity contribution is 6.31. The van der Waals surface area contributed by atoms with Gasteiger partial charge in [-0.05, 0) is 30.5 Å². The third-order valence-corrected chi connectivity index (χ3v) is 2.97. The summed E-state index contributed by atoms with van der Waals surface area (Å²) in [6.45, 7) is 3.05. The van der Waals surface area contributed by atoms with Gasteiger partial charge in [0.15, 0.2) is 0 Å². The zero-order valence-corrected chi connectivity index (χ0v) is 9.01. The molecule has 0 bridgehead atoms. The van der Waals surface area contributed by atoms with Crippen molar-refractivity contribution in [2.75, 3.05) is 6.54 Å². The Hall–Kier alpha value is -0.790. The Balaban J connectivity index is 2.44. The molecule has 1 aliphatic heterocycles. The third kappa shape index (κ3) is 1.70. The molecule has 0 saturated heterocycles. The number of hydrogen-bond acceptors (Lipinski definition) is 1. The van der Waals surface area contributed by atoms with Crippen molar-refractivity contribution < 1.29 is 0 Å². The fourth-order valence-electron chi connectivity index (χ4n) is 1.96. The van der Waals surface area contributed by atoms with E-state index in [1.807, 2.05) is 19.1 Å². The summed E-state index contributed by atoms with van der Waals surface area (Å²) in [6.07, 6.45) is 5.28. The van der Waals surface area contributed by atoms with Crippen LogP contribution in [-0.2, 0) is 6.42 Å². The van der Waals surface area contributed by atoms with Crippen LogP contribution in [0.15, 0.2) is 30.4 Å². The Morgan fingerprint density at radius 2 is 2.36 bits per heavy atom. The van der Waals surface area contributed by atoms with Crippen LogP contribution >= 0.6 is 11.6 Å². The highest BCUT2D eigenvalue weighted by Crippen LogP contribution is 2.29. The first-order valence-electron chi connectivity index (χ1n) is 4.96. The number of allylic oxidation sites excluding steroid dienone is 1. The van der Waals surface area contributed by atoms with Crippen molar-refractivity contribution in [1.29, 1.82) is 0 Å². The summed E-state index contributed by atoms with van der Waals surface area (Å²) in [7, 11) is 0. The lowest BCUT2D eigenvalue weighted by Crippen LogP contribution is -2.28. The van der Waals surface area contributed by atoms with Crippen molar-refractivity contribution in [3.05, 3.63) is 46.5 Å². The maximum absolute atomic E-state index is 6.16. The van der Waals surface area contributed by atoms with E-state index in [0.29, 0.717) is 6.04 Å². The number of nitrogens with one attached hydrogen (secondary N) is 1. The maximum atomic E-state index is 6.16. The van der Waals surface area contributed by atoms with E-state index in [1.165, 1.54) is 11.1 Å². The van der Waals surface area contributed by atoms with Gasteiger partial charge in [0.25, 0.3) is 0 Å². The number of benzene rings is 1. The molecule has 14 heavy (non-hydrogen) atoms. The second kappa shape index (κ2) is 4.16. The smallest absolute Gasteiger partial charge is 0.0509 e. The molecule has 1 unspecified atom stereocenters. The van der Waals surface area contributed by atoms with E-state index >= 15 is 0 Å². The highest BCUT2D eigenvalue weighted by Gasteiger charge is 2.18. The van der Waals surface area contributed by atoms with E-state index < -0.39 is 0 Å². The molecular formula is C12H14ClN. The topological polar surface area (TPSA) is 12.0 Å². The van der Waals surface area contributed by atoms with E-state index in [-0.39, 0.29) is 0 Å². The van der Waals surface area contributed by atoms with Crippen LogP contribution in [-0.4, -0.2) is 6.54 Å². The van der Waals surface area contributed by atoms with Gasteiger partial charge in [0.1, 0.15) is 0 Å². The standard InChI is InChI=1S/C12H14ClN/c1-2-4-12-10-5-3-6-11(13)9(10)7-8-14-12/h2-6,12,14H,7-8H2,1H3/b4-2+. The second-order valence-corrected chi connectivity index (χ2v) is 3.92. The van der Waals surface area contributed by atoms with Crippen molar-refractivity contribution in [3.63, 3.8) is 0 Å². The molecule has 1 aromatic carbocycles. The lowest BCUT2D eigenvalue weighted by Gasteiger charge is -2.25. The molecule has 1 atom stereocenters. The van der Waals surface area contributed by atoms with Crippen LogP contribution in [0.5, 0.6) is 0 Å². The van der Waals surface area contributed by atoms with E-state index in [9.17, 15) is 0 Å². The Bertz CT molecular complexity index is 357. The van der Waals surface area contributed by atoms with Crippen molar-refractivity contribution in [2.24, 2.45) is 0 Å². The van der Waals surface area contributed by atoms with Crippen LogP contribution < -0.4 is 5.32 Å². The maximum Gasteiger partial charge on any atom is 0.0509 e. The Labute approximate surface area is 89.8 Å². The second-order valence-electron chi connectivity index (χ2n) is 3.52. The predicted molar refractivity (Wildman–Crippen MR) is 60.7 cm³/mol. The van der Waals surface area contributed by atoms with Gasteiger partial charge in [0.2, 0.25) is 0 Å². The lowest BCUT2D eigenvalue weighted by atomic mass is 9.94. The van der Waals surface area contributed by atoms with Crippen LogP contribution in [0, 0.1) is 0 Å². The first kappa shape index (κ1) is 9.75. The quantitative estimate of drug-likeness (QED) is 0.698. The molecular weight excluding hydrogens is 194 g/mol. The normalized spacial score (nSPS) is 21.1. The van der Waals surface area contributed by atoms with Gasteiger partial charge >= 0.3 is 0 Å². The molecule has 1 aliphatic rings. The summed E-state index contributed by atoms with van der Waals surface area (Å²) in [5, 5.41) is 4.36. The number of fused-ring (bicyclic) bond motifs is 1. The van der Waals surface area contributed by atoms with Gasteiger partial charge in [-0.3, -0.25) is 0 Å². The molecule has 1 N–H and O–H groups in total. The molecule has 2 heteroatoms. The molecule has 0 fully saturated rings. The van der Waals surface area contributed by atoms with Crippen LogP contribution in [0.3, 0.4) is 0 Å². The average Bonchev–Trinajstić information content (AvgIpc) is 2.20. The molecule has 1 heterocycles. The summed E-state index contributed by atoms with van der Waals surface area (Å²) in [5.41, 5.74) is 2.62. The largest absolute Gasteiger partial charge is 0.306 e. The van der Waals surface area contributed by atoms with Crippen LogP contribution in [0.1, 0.15) is 24.1 Å². The minimum atomic E-state index is 0.336. The first-order valence-corrected chi connectivity index (χ1v) is 5.34. The first-order chi connectivity index (χ1) is 6.83. The summed E-state index contributed by atoms with van der Waals surface area (Å²) in [4.78, 5) is 0. The Morgan fingerprint density at radius 3 is 3.14 bits per heavy atom. The number of rotatable bonds is 1. The molecule has 74 valence electrons. The Morgan fingerprint density at radius 1 is 1.50 bits per heavy atom. The van der Waals surface area contributed by atoms with Gasteiger partial charge in [-0.25, -0.2) is 0 Å². The molecule has 0 amide bonds. The zero-order valence-electron chi connectivity index (χ0n) is 8.26. The number of hydrogen-bond donors (Lipinski definition) is 1. The SMILES string of the molecule is C/C=C/C1NCCc2c(Cl)cccc21. The van der Waals surface area contributed by atoms with E-state index in [1.54, 1.807) is 0 Å². The van der Waals surface area contributed by atoms with Gasteiger partial charge in [0.05, 0.1) is 6.04 Å². The molecule has 0 aromatic heterocycles. The van der Waals surface area contributed by atoms with Gasteiger partial charge in [-0.1, -0.05) is 35.9 Å². The zero-order chi connectivity index (χ0) is 9.97. The monoisotopic (exact) mass is 207 g/mol. The van der Waals surface area contributed by atoms with Gasteiger partial charge in [-0.15, -0.1) is 0 Å². The molecule has 0 saturated carbocycles. The van der Waals surface area contributed by atoms with Crippen molar-refractivity contribution in [2.45, 2.75) is 19.4 Å². The molecule has 0 radical (unpaired) electrons. The summed E-state index contributed by atoms with van der Waals surface area (Å²) in [6, 6.07) is 6.48. The van der Waals surface area contributed by atoms with Crippen molar-refractivity contribution >= 4 is 11.6 Å². The van der Waals surface area contributed by atoms with Crippen molar-refractivity contribution in [1.82, 2.24) is 5.32 Å². The van der Waals surface area contributed by atoms with Gasteiger partial charge < -0.3 is 5.32 Å². The van der Waals surface area contributed by atoms with Crippen molar-refractivity contribution in [3.8, 4) is 0 Å². The third-order valence-electron chi connectivity index (χ3n) is 2.61. The Kier molecular flexibility index (Phi) is 2.90. The molecule has 0 spiro atoms. The van der Waals surface area contributed by atoms with E-state index in [0.717, 1.165) is 18.0 Å². The van der Waals surface area contributed by atoms with Crippen LogP contribution in [0.4, 0.5) is 0 Å². The minimum Gasteiger partial charge on any atom is -0.306 e. The van der Waals surface area contributed by atoms with Crippen LogP contribution in [0.25, 0.3) is 0 Å². The summed E-state index contributed by atoms with van der Waals surface area (Å²) >= 11 is 6.16. The highest BCUT2D eigenvalue weighted by atomic mass is 35.5. The van der Waals surface area contributed by atoms with E-state index in [4.69, 9.17) is 11.6 Å². The predicted octanol–water partition coefficient (Wildman–Crippen LogP) is 3.10. The van der Waals surface area contributed by atoms with Gasteiger partial charge in [-0.2, -0.15) is 0 Å². The lowest BCUT2D eigenvalue weighted by molar-refractivity contribution is 0.581. The molecule has 0 aliphatic carbocycles. The fourth-order valence-corrected chi connectivity index (χ4v) is 2.23. The molecule has 1 aromatic rings. The van der Waals surface area contributed by atoms with E-state index in [2.05, 4.69) is 23.5 Å². The average molecular weight is 208 g/mol. The minimum absolute atomic E-state index is 0.336. The van der Waals surface area contributed by atoms with Crippen LogP contribution in [0.2, 0.25) is 5.02 Å².